The number of carboxylic acids is 1. The van der Waals surface area contributed by atoms with Gasteiger partial charge in [-0.05, 0) is 36.5 Å². The van der Waals surface area contributed by atoms with E-state index in [2.05, 4.69) is 26.1 Å². The van der Waals surface area contributed by atoms with E-state index < -0.39 is 5.97 Å². The number of nitrogens with zero attached hydrogens (tertiary/aromatic N) is 2. The summed E-state index contributed by atoms with van der Waals surface area (Å²) >= 11 is 0. The minimum absolute atomic E-state index is 0.0369. The predicted molar refractivity (Wildman–Crippen MR) is 98.6 cm³/mol. The van der Waals surface area contributed by atoms with Crippen LogP contribution in [0.25, 0.3) is 0 Å². The molecule has 140 valence electrons. The van der Waals surface area contributed by atoms with Gasteiger partial charge in [0.15, 0.2) is 0 Å². The highest BCUT2D eigenvalue weighted by Gasteiger charge is 2.40. The van der Waals surface area contributed by atoms with Crippen molar-refractivity contribution >= 4 is 29.2 Å². The van der Waals surface area contributed by atoms with Gasteiger partial charge >= 0.3 is 5.97 Å². The number of aromatic carboxylic acids is 1. The van der Waals surface area contributed by atoms with E-state index in [0.717, 1.165) is 12.8 Å². The Hall–Kier alpha value is -2.41. The van der Waals surface area contributed by atoms with Crippen molar-refractivity contribution in [3.05, 3.63) is 23.8 Å². The Bertz CT molecular complexity index is 750. The monoisotopic (exact) mass is 359 g/mol. The molecule has 1 aliphatic carbocycles. The highest BCUT2D eigenvalue weighted by atomic mass is 16.4. The van der Waals surface area contributed by atoms with Crippen LogP contribution in [0.4, 0.5) is 11.4 Å². The third kappa shape index (κ3) is 3.88. The number of amides is 2. The van der Waals surface area contributed by atoms with Crippen LogP contribution < -0.4 is 15.1 Å². The molecule has 3 rings (SSSR count). The lowest BCUT2D eigenvalue weighted by atomic mass is 9.97. The summed E-state index contributed by atoms with van der Waals surface area (Å²) in [5.41, 5.74) is 1.26. The molecule has 0 unspecified atom stereocenters. The molecule has 2 N–H and O–H groups in total. The number of carbonyl (C=O) groups excluding carboxylic acids is 2. The molecule has 7 nitrogen and oxygen atoms in total. The molecule has 0 spiro atoms. The molecule has 26 heavy (non-hydrogen) atoms. The van der Waals surface area contributed by atoms with Crippen molar-refractivity contribution in [2.75, 3.05) is 29.4 Å². The molecule has 0 saturated heterocycles. The maximum atomic E-state index is 12.7. The van der Waals surface area contributed by atoms with Crippen molar-refractivity contribution in [3.8, 4) is 0 Å². The number of fused-ring (bicyclic) bond motifs is 1. The number of benzene rings is 1. The Balaban J connectivity index is 1.87. The zero-order valence-corrected chi connectivity index (χ0v) is 15.4. The molecule has 0 aromatic heterocycles. The first-order chi connectivity index (χ1) is 12.2. The summed E-state index contributed by atoms with van der Waals surface area (Å²) in [4.78, 5) is 39.8. The summed E-state index contributed by atoms with van der Waals surface area (Å²) in [6.07, 6.45) is 1.87. The van der Waals surface area contributed by atoms with Gasteiger partial charge < -0.3 is 15.3 Å². The number of carbonyl (C=O) groups is 3. The van der Waals surface area contributed by atoms with Crippen LogP contribution in [0, 0.1) is 5.41 Å². The van der Waals surface area contributed by atoms with Gasteiger partial charge in [-0.2, -0.15) is 0 Å². The fourth-order valence-corrected chi connectivity index (χ4v) is 3.10. The second-order valence-corrected chi connectivity index (χ2v) is 8.15. The summed E-state index contributed by atoms with van der Waals surface area (Å²) in [6.45, 7) is 6.91. The number of anilines is 2. The average Bonchev–Trinajstić information content (AvgIpc) is 3.36. The van der Waals surface area contributed by atoms with Crippen molar-refractivity contribution in [2.24, 2.45) is 5.41 Å². The number of rotatable bonds is 5. The number of hydrogen-bond donors (Lipinski definition) is 2. The number of nitrogens with one attached hydrogen (secondary N) is 1. The first-order valence-corrected chi connectivity index (χ1v) is 8.88. The SMILES string of the molecule is CC(C)(C)CNCC(=O)N1CC(=O)N(C2CC2)c2ccc(C(=O)O)cc21. The minimum Gasteiger partial charge on any atom is -0.478 e. The van der Waals surface area contributed by atoms with Gasteiger partial charge in [0.1, 0.15) is 6.54 Å². The standard InChI is InChI=1S/C19H25N3O4/c1-19(2,3)11-20-9-16(23)21-10-17(24)22(13-5-6-13)14-7-4-12(18(25)26)8-15(14)21/h4,7-8,13,20H,5-6,9-11H2,1-3H3,(H,25,26). The van der Waals surface area contributed by atoms with Gasteiger partial charge in [0.2, 0.25) is 11.8 Å². The highest BCUT2D eigenvalue weighted by molar-refractivity contribution is 6.12. The molecule has 0 radical (unpaired) electrons. The van der Waals surface area contributed by atoms with Crippen LogP contribution in [0.15, 0.2) is 18.2 Å². The lowest BCUT2D eigenvalue weighted by Gasteiger charge is -2.36. The van der Waals surface area contributed by atoms with E-state index in [4.69, 9.17) is 0 Å². The van der Waals surface area contributed by atoms with Crippen molar-refractivity contribution in [1.82, 2.24) is 5.32 Å². The average molecular weight is 359 g/mol. The van der Waals surface area contributed by atoms with Gasteiger partial charge in [0.05, 0.1) is 23.5 Å². The Morgan fingerprint density at radius 2 is 1.92 bits per heavy atom. The molecule has 1 heterocycles. The maximum Gasteiger partial charge on any atom is 0.335 e. The summed E-state index contributed by atoms with van der Waals surface area (Å²) in [6, 6.07) is 4.77. The molecular formula is C19H25N3O4. The van der Waals surface area contributed by atoms with Crippen molar-refractivity contribution in [3.63, 3.8) is 0 Å². The molecule has 1 aromatic carbocycles. The molecular weight excluding hydrogens is 334 g/mol. The van der Waals surface area contributed by atoms with E-state index in [1.165, 1.54) is 17.0 Å². The predicted octanol–water partition coefficient (Wildman–Crippen LogP) is 1.86. The van der Waals surface area contributed by atoms with E-state index in [1.807, 2.05) is 0 Å². The van der Waals surface area contributed by atoms with E-state index in [-0.39, 0.29) is 41.9 Å². The lowest BCUT2D eigenvalue weighted by molar-refractivity contribution is -0.122. The van der Waals surface area contributed by atoms with E-state index in [0.29, 0.717) is 17.9 Å². The fourth-order valence-electron chi connectivity index (χ4n) is 3.10. The summed E-state index contributed by atoms with van der Waals surface area (Å²) < 4.78 is 0. The smallest absolute Gasteiger partial charge is 0.335 e. The lowest BCUT2D eigenvalue weighted by Crippen LogP contribution is -2.51. The van der Waals surface area contributed by atoms with Crippen LogP contribution in [0.1, 0.15) is 44.0 Å². The Kier molecular flexibility index (Phi) is 4.75. The second-order valence-electron chi connectivity index (χ2n) is 8.15. The van der Waals surface area contributed by atoms with Gasteiger partial charge in [-0.15, -0.1) is 0 Å². The molecule has 1 aromatic rings. The third-order valence-electron chi connectivity index (χ3n) is 4.48. The first kappa shape index (κ1) is 18.4. The van der Waals surface area contributed by atoms with Crippen LogP contribution in [0.3, 0.4) is 0 Å². The molecule has 1 saturated carbocycles. The third-order valence-corrected chi connectivity index (χ3v) is 4.48. The Morgan fingerprint density at radius 1 is 1.23 bits per heavy atom. The highest BCUT2D eigenvalue weighted by Crippen LogP contribution is 2.41. The quantitative estimate of drug-likeness (QED) is 0.838. The van der Waals surface area contributed by atoms with E-state index >= 15 is 0 Å². The number of hydrogen-bond acceptors (Lipinski definition) is 4. The van der Waals surface area contributed by atoms with Gasteiger partial charge in [-0.25, -0.2) is 4.79 Å². The molecule has 2 amide bonds. The van der Waals surface area contributed by atoms with Crippen LogP contribution >= 0.6 is 0 Å². The zero-order valence-electron chi connectivity index (χ0n) is 15.4. The summed E-state index contributed by atoms with van der Waals surface area (Å²) in [7, 11) is 0. The van der Waals surface area contributed by atoms with Crippen molar-refractivity contribution < 1.29 is 19.5 Å². The largest absolute Gasteiger partial charge is 0.478 e. The minimum atomic E-state index is -1.05. The van der Waals surface area contributed by atoms with E-state index in [1.54, 1.807) is 11.0 Å². The molecule has 1 aliphatic heterocycles. The topological polar surface area (TPSA) is 90.0 Å². The van der Waals surface area contributed by atoms with Gasteiger partial charge in [0.25, 0.3) is 0 Å². The van der Waals surface area contributed by atoms with Crippen LogP contribution in [0.5, 0.6) is 0 Å². The summed E-state index contributed by atoms with van der Waals surface area (Å²) in [5, 5.41) is 12.4. The molecule has 0 bridgehead atoms. The fraction of sp³-hybridized carbons (Fsp3) is 0.526. The Labute approximate surface area is 153 Å². The van der Waals surface area contributed by atoms with E-state index in [9.17, 15) is 19.5 Å². The zero-order chi connectivity index (χ0) is 19.1. The van der Waals surface area contributed by atoms with Crippen LogP contribution in [0.2, 0.25) is 0 Å². The van der Waals surface area contributed by atoms with Crippen molar-refractivity contribution in [1.29, 1.82) is 0 Å². The van der Waals surface area contributed by atoms with Crippen LogP contribution in [-0.2, 0) is 9.59 Å². The molecule has 2 aliphatic rings. The maximum absolute atomic E-state index is 12.7. The molecule has 1 fully saturated rings. The molecule has 0 atom stereocenters. The second kappa shape index (κ2) is 6.72. The molecule has 7 heteroatoms. The van der Waals surface area contributed by atoms with Crippen LogP contribution in [-0.4, -0.2) is 48.6 Å². The van der Waals surface area contributed by atoms with Gasteiger partial charge in [0, 0.05) is 12.6 Å². The summed E-state index contributed by atoms with van der Waals surface area (Å²) in [5.74, 6) is -1.41. The normalized spacial score (nSPS) is 17.3. The Morgan fingerprint density at radius 3 is 2.50 bits per heavy atom. The van der Waals surface area contributed by atoms with Crippen molar-refractivity contribution in [2.45, 2.75) is 39.7 Å². The van der Waals surface area contributed by atoms with Gasteiger partial charge in [-0.1, -0.05) is 20.8 Å². The number of carboxylic acid groups (broad SMARTS) is 1. The first-order valence-electron chi connectivity index (χ1n) is 8.88. The van der Waals surface area contributed by atoms with Gasteiger partial charge in [-0.3, -0.25) is 14.5 Å².